The number of aliphatic imine (C=N–C) groups is 1. The van der Waals surface area contributed by atoms with Crippen molar-refractivity contribution in [3.05, 3.63) is 35.1 Å². The van der Waals surface area contributed by atoms with Crippen LogP contribution < -0.4 is 11.1 Å². The molecule has 1 atom stereocenters. The summed E-state index contributed by atoms with van der Waals surface area (Å²) < 4.78 is 13.2. The van der Waals surface area contributed by atoms with Gasteiger partial charge in [-0.3, -0.25) is 0 Å². The predicted molar refractivity (Wildman–Crippen MR) is 97.2 cm³/mol. The van der Waals surface area contributed by atoms with Gasteiger partial charge >= 0.3 is 0 Å². The smallest absolute Gasteiger partial charge is 0.189 e. The Morgan fingerprint density at radius 1 is 1.45 bits per heavy atom. The van der Waals surface area contributed by atoms with Crippen LogP contribution >= 0.6 is 35.7 Å². The molecule has 0 fully saturated rings. The number of halogens is 2. The number of guanidine groups is 1. The maximum atomic E-state index is 13.2. The molecule has 1 aromatic rings. The van der Waals surface area contributed by atoms with E-state index in [1.165, 1.54) is 6.07 Å². The third-order valence-electron chi connectivity index (χ3n) is 2.89. The lowest BCUT2D eigenvalue weighted by atomic mass is 10.1. The zero-order valence-electron chi connectivity index (χ0n) is 12.1. The molecule has 114 valence electrons. The Bertz CT molecular complexity index is 440. The van der Waals surface area contributed by atoms with Crippen molar-refractivity contribution in [2.75, 3.05) is 6.26 Å². The van der Waals surface area contributed by atoms with Crippen LogP contribution in [-0.4, -0.2) is 18.3 Å². The summed E-state index contributed by atoms with van der Waals surface area (Å²) in [5, 5.41) is 3.11. The molecule has 0 bridgehead atoms. The average Bonchev–Trinajstić information content (AvgIpc) is 2.38. The van der Waals surface area contributed by atoms with Crippen LogP contribution in [0.15, 0.2) is 23.2 Å². The Hall–Kier alpha value is -0.500. The van der Waals surface area contributed by atoms with Gasteiger partial charge in [0.15, 0.2) is 5.96 Å². The first kappa shape index (κ1) is 19.5. The van der Waals surface area contributed by atoms with Crippen molar-refractivity contribution in [2.45, 2.75) is 38.6 Å². The van der Waals surface area contributed by atoms with Crippen molar-refractivity contribution >= 4 is 41.7 Å². The van der Waals surface area contributed by atoms with Gasteiger partial charge < -0.3 is 11.1 Å². The molecule has 3 N–H and O–H groups in total. The summed E-state index contributed by atoms with van der Waals surface area (Å²) in [7, 11) is 0. The van der Waals surface area contributed by atoms with Gasteiger partial charge in [-0.05, 0) is 42.9 Å². The molecule has 3 nitrogen and oxygen atoms in total. The fourth-order valence-corrected chi connectivity index (χ4v) is 2.19. The number of hydrogen-bond donors (Lipinski definition) is 2. The lowest BCUT2D eigenvalue weighted by molar-refractivity contribution is 0.625. The summed E-state index contributed by atoms with van der Waals surface area (Å²) in [6, 6.07) is 5.12. The van der Waals surface area contributed by atoms with Crippen molar-refractivity contribution in [3.63, 3.8) is 0 Å². The minimum Gasteiger partial charge on any atom is -0.370 e. The molecule has 6 heteroatoms. The van der Waals surface area contributed by atoms with E-state index in [9.17, 15) is 4.39 Å². The molecule has 0 spiro atoms. The molecular weight excluding hydrogens is 388 g/mol. The van der Waals surface area contributed by atoms with Gasteiger partial charge in [-0.2, -0.15) is 11.8 Å². The zero-order chi connectivity index (χ0) is 14.3. The van der Waals surface area contributed by atoms with Gasteiger partial charge in [0.1, 0.15) is 5.82 Å². The quantitative estimate of drug-likeness (QED) is 0.428. The molecule has 0 amide bonds. The van der Waals surface area contributed by atoms with Crippen molar-refractivity contribution in [3.8, 4) is 0 Å². The number of hydrogen-bond acceptors (Lipinski definition) is 2. The highest BCUT2D eigenvalue weighted by molar-refractivity contribution is 14.0. The van der Waals surface area contributed by atoms with Crippen LogP contribution in [0.25, 0.3) is 0 Å². The van der Waals surface area contributed by atoms with Gasteiger partial charge in [-0.25, -0.2) is 9.38 Å². The summed E-state index contributed by atoms with van der Waals surface area (Å²) in [5.74, 6) is 1.01. The maximum Gasteiger partial charge on any atom is 0.189 e. The monoisotopic (exact) mass is 411 g/mol. The Morgan fingerprint density at radius 2 is 2.15 bits per heavy atom. The van der Waals surface area contributed by atoms with Gasteiger partial charge in [0.05, 0.1) is 6.54 Å². The molecular formula is C14H23FIN3S. The molecule has 20 heavy (non-hydrogen) atoms. The first-order valence-corrected chi connectivity index (χ1v) is 7.78. The van der Waals surface area contributed by atoms with E-state index in [-0.39, 0.29) is 29.8 Å². The van der Waals surface area contributed by atoms with Gasteiger partial charge in [0, 0.05) is 11.8 Å². The van der Waals surface area contributed by atoms with Crippen LogP contribution in [0.1, 0.15) is 31.4 Å². The van der Waals surface area contributed by atoms with Crippen LogP contribution in [0.5, 0.6) is 0 Å². The highest BCUT2D eigenvalue weighted by Gasteiger charge is 2.04. The summed E-state index contributed by atoms with van der Waals surface area (Å²) in [6.07, 6.45) is 2.99. The Morgan fingerprint density at radius 3 is 2.75 bits per heavy atom. The van der Waals surface area contributed by atoms with Gasteiger partial charge in [0.25, 0.3) is 0 Å². The molecule has 0 radical (unpaired) electrons. The third-order valence-corrected chi connectivity index (χ3v) is 3.49. The molecule has 0 aliphatic carbocycles. The van der Waals surface area contributed by atoms with Crippen LogP contribution in [0.4, 0.5) is 4.39 Å². The van der Waals surface area contributed by atoms with Crippen LogP contribution in [0.3, 0.4) is 0 Å². The lowest BCUT2D eigenvalue weighted by Gasteiger charge is -2.12. The number of nitrogens with one attached hydrogen (secondary N) is 1. The highest BCUT2D eigenvalue weighted by atomic mass is 127. The standard InChI is InChI=1S/C14H22FN3S.HI/c1-4-10(2)18-14(16)17-8-11-5-6-13(15)7-12(11)9-19-3;/h5-7,10H,4,8-9H2,1-3H3,(H3,16,17,18);1H. The van der Waals surface area contributed by atoms with E-state index in [1.54, 1.807) is 23.9 Å². The molecule has 1 unspecified atom stereocenters. The van der Waals surface area contributed by atoms with Crippen LogP contribution in [0.2, 0.25) is 0 Å². The zero-order valence-corrected chi connectivity index (χ0v) is 15.3. The number of nitrogens with two attached hydrogens (primary N) is 1. The molecule has 0 aliphatic rings. The van der Waals surface area contributed by atoms with E-state index in [1.807, 2.05) is 6.26 Å². The Labute approximate surface area is 142 Å². The Balaban J connectivity index is 0.00000361. The highest BCUT2D eigenvalue weighted by Crippen LogP contribution is 2.17. The topological polar surface area (TPSA) is 50.4 Å². The van der Waals surface area contributed by atoms with Crippen molar-refractivity contribution in [1.29, 1.82) is 0 Å². The summed E-state index contributed by atoms with van der Waals surface area (Å²) in [5.41, 5.74) is 7.81. The first-order valence-electron chi connectivity index (χ1n) is 6.39. The maximum absolute atomic E-state index is 13.2. The minimum atomic E-state index is -0.206. The van der Waals surface area contributed by atoms with Gasteiger partial charge in [-0.1, -0.05) is 13.0 Å². The number of nitrogens with zero attached hydrogens (tertiary/aromatic N) is 1. The number of benzene rings is 1. The summed E-state index contributed by atoms with van der Waals surface area (Å²) in [6.45, 7) is 4.62. The normalized spacial score (nSPS) is 12.7. The second kappa shape index (κ2) is 10.3. The predicted octanol–water partition coefficient (Wildman–Crippen LogP) is 3.51. The largest absolute Gasteiger partial charge is 0.370 e. The van der Waals surface area contributed by atoms with Crippen molar-refractivity contribution < 1.29 is 4.39 Å². The SMILES string of the molecule is CCC(C)NC(N)=NCc1ccc(F)cc1CSC.I. The number of rotatable bonds is 6. The fraction of sp³-hybridized carbons (Fsp3) is 0.500. The van der Waals surface area contributed by atoms with E-state index >= 15 is 0 Å². The van der Waals surface area contributed by atoms with E-state index < -0.39 is 0 Å². The lowest BCUT2D eigenvalue weighted by Crippen LogP contribution is -2.38. The molecule has 0 saturated carbocycles. The second-order valence-electron chi connectivity index (χ2n) is 4.50. The van der Waals surface area contributed by atoms with Crippen LogP contribution in [-0.2, 0) is 12.3 Å². The van der Waals surface area contributed by atoms with Crippen LogP contribution in [0, 0.1) is 5.82 Å². The molecule has 0 aromatic heterocycles. The summed E-state index contributed by atoms with van der Waals surface area (Å²) in [4.78, 5) is 4.31. The van der Waals surface area contributed by atoms with Crippen molar-refractivity contribution in [2.24, 2.45) is 10.7 Å². The molecule has 0 aliphatic heterocycles. The van der Waals surface area contributed by atoms with E-state index in [4.69, 9.17) is 5.73 Å². The van der Waals surface area contributed by atoms with Gasteiger partial charge in [-0.15, -0.1) is 24.0 Å². The summed E-state index contributed by atoms with van der Waals surface area (Å²) >= 11 is 1.66. The number of thioether (sulfide) groups is 1. The van der Waals surface area contributed by atoms with Gasteiger partial charge in [0.2, 0.25) is 0 Å². The molecule has 1 rings (SSSR count). The molecule has 0 heterocycles. The average molecular weight is 411 g/mol. The van der Waals surface area contributed by atoms with E-state index in [2.05, 4.69) is 24.2 Å². The molecule has 0 saturated heterocycles. The second-order valence-corrected chi connectivity index (χ2v) is 5.37. The van der Waals surface area contributed by atoms with Crippen molar-refractivity contribution in [1.82, 2.24) is 5.32 Å². The van der Waals surface area contributed by atoms with E-state index in [0.717, 1.165) is 23.3 Å². The third kappa shape index (κ3) is 6.78. The first-order chi connectivity index (χ1) is 9.06. The Kier molecular flexibility index (Phi) is 10.0. The van der Waals surface area contributed by atoms with E-state index in [0.29, 0.717) is 18.5 Å². The fourth-order valence-electron chi connectivity index (χ4n) is 1.61. The molecule has 1 aromatic carbocycles. The minimum absolute atomic E-state index is 0.